The van der Waals surface area contributed by atoms with Crippen molar-refractivity contribution in [3.63, 3.8) is 0 Å². The molecule has 198 valence electrons. The van der Waals surface area contributed by atoms with E-state index in [0.717, 1.165) is 71.9 Å². The number of nitrogens with zero attached hydrogens (tertiary/aromatic N) is 3. The highest BCUT2D eigenvalue weighted by Gasteiger charge is 2.34. The fourth-order valence-corrected chi connectivity index (χ4v) is 6.16. The van der Waals surface area contributed by atoms with Crippen LogP contribution >= 0.6 is 0 Å². The van der Waals surface area contributed by atoms with Crippen LogP contribution in [0.4, 0.5) is 0 Å². The van der Waals surface area contributed by atoms with E-state index in [9.17, 15) is 4.79 Å². The number of carbonyl (C=O) groups excluding carboxylic acids is 1. The maximum Gasteiger partial charge on any atom is 0.220 e. The molecule has 2 atom stereocenters. The molecular weight excluding hydrogens is 448 g/mol. The van der Waals surface area contributed by atoms with Crippen LogP contribution < -0.4 is 5.32 Å². The van der Waals surface area contributed by atoms with Crippen molar-refractivity contribution in [1.82, 2.24) is 20.0 Å². The number of carbonyl (C=O) groups is 1. The third kappa shape index (κ3) is 7.75. The zero-order chi connectivity index (χ0) is 25.5. The molecule has 2 saturated heterocycles. The minimum atomic E-state index is 0.0665. The molecule has 6 heteroatoms. The van der Waals surface area contributed by atoms with E-state index in [0.29, 0.717) is 18.4 Å². The van der Waals surface area contributed by atoms with Crippen LogP contribution in [0.3, 0.4) is 0 Å². The Kier molecular flexibility index (Phi) is 9.40. The van der Waals surface area contributed by atoms with E-state index < -0.39 is 0 Å². The largest absolute Gasteiger partial charge is 0.379 e. The summed E-state index contributed by atoms with van der Waals surface area (Å²) in [5.41, 5.74) is 1.44. The summed E-state index contributed by atoms with van der Waals surface area (Å²) in [5.74, 6) is 0.687. The first-order valence-corrected chi connectivity index (χ1v) is 13.7. The van der Waals surface area contributed by atoms with Gasteiger partial charge in [-0.05, 0) is 67.2 Å². The third-order valence-corrected chi connectivity index (χ3v) is 7.76. The molecule has 4 rings (SSSR count). The smallest absolute Gasteiger partial charge is 0.220 e. The first kappa shape index (κ1) is 27.1. The van der Waals surface area contributed by atoms with Crippen LogP contribution in [-0.4, -0.2) is 93.2 Å². The van der Waals surface area contributed by atoms with Gasteiger partial charge < -0.3 is 15.0 Å². The highest BCUT2D eigenvalue weighted by Crippen LogP contribution is 2.28. The lowest BCUT2D eigenvalue weighted by Crippen LogP contribution is -2.54. The Balaban J connectivity index is 1.36. The van der Waals surface area contributed by atoms with Crippen molar-refractivity contribution in [2.24, 2.45) is 11.3 Å². The van der Waals surface area contributed by atoms with Crippen molar-refractivity contribution in [3.05, 3.63) is 48.0 Å². The minimum Gasteiger partial charge on any atom is -0.379 e. The van der Waals surface area contributed by atoms with E-state index in [1.165, 1.54) is 16.3 Å². The summed E-state index contributed by atoms with van der Waals surface area (Å²) in [5, 5.41) is 5.82. The first-order valence-electron chi connectivity index (χ1n) is 13.7. The average Bonchev–Trinajstić information content (AvgIpc) is 2.86. The van der Waals surface area contributed by atoms with Gasteiger partial charge in [-0.3, -0.25) is 14.6 Å². The maximum absolute atomic E-state index is 12.8. The molecule has 0 spiro atoms. The fourth-order valence-electron chi connectivity index (χ4n) is 6.16. The number of hydrogen-bond donors (Lipinski definition) is 1. The lowest BCUT2D eigenvalue weighted by atomic mass is 9.86. The van der Waals surface area contributed by atoms with Gasteiger partial charge in [-0.15, -0.1) is 0 Å². The Hall–Kier alpha value is -1.99. The van der Waals surface area contributed by atoms with Crippen molar-refractivity contribution < 1.29 is 9.53 Å². The van der Waals surface area contributed by atoms with E-state index in [-0.39, 0.29) is 11.3 Å². The van der Waals surface area contributed by atoms with Crippen LogP contribution in [0.25, 0.3) is 10.8 Å². The maximum atomic E-state index is 12.8. The van der Waals surface area contributed by atoms with Crippen LogP contribution in [-0.2, 0) is 16.1 Å². The summed E-state index contributed by atoms with van der Waals surface area (Å²) in [6, 6.07) is 16.0. The second-order valence-electron chi connectivity index (χ2n) is 11.9. The van der Waals surface area contributed by atoms with Crippen LogP contribution in [0.15, 0.2) is 42.5 Å². The minimum absolute atomic E-state index is 0.0665. The van der Waals surface area contributed by atoms with Gasteiger partial charge in [0.25, 0.3) is 0 Å². The number of ether oxygens (including phenoxy) is 1. The number of benzene rings is 2. The highest BCUT2D eigenvalue weighted by molar-refractivity contribution is 5.83. The zero-order valence-electron chi connectivity index (χ0n) is 22.8. The predicted molar refractivity (Wildman–Crippen MR) is 148 cm³/mol. The van der Waals surface area contributed by atoms with E-state index >= 15 is 0 Å². The van der Waals surface area contributed by atoms with Gasteiger partial charge in [0.1, 0.15) is 0 Å². The fraction of sp³-hybridized carbons (Fsp3) is 0.633. The molecule has 0 aliphatic carbocycles. The van der Waals surface area contributed by atoms with Crippen molar-refractivity contribution >= 4 is 16.7 Å². The molecule has 2 aliphatic rings. The van der Waals surface area contributed by atoms with E-state index in [1.807, 2.05) is 0 Å². The number of piperidine rings is 1. The molecule has 0 unspecified atom stereocenters. The lowest BCUT2D eigenvalue weighted by Gasteiger charge is -2.45. The predicted octanol–water partition coefficient (Wildman–Crippen LogP) is 3.85. The number of hydrogen-bond acceptors (Lipinski definition) is 5. The number of amides is 1. The van der Waals surface area contributed by atoms with E-state index in [2.05, 4.69) is 90.4 Å². The second kappa shape index (κ2) is 12.5. The molecule has 1 N–H and O–H groups in total. The Labute approximate surface area is 218 Å². The van der Waals surface area contributed by atoms with Crippen molar-refractivity contribution in [2.75, 3.05) is 66.6 Å². The van der Waals surface area contributed by atoms with E-state index in [4.69, 9.17) is 4.74 Å². The normalized spacial score (nSPS) is 22.2. The van der Waals surface area contributed by atoms with E-state index in [1.54, 1.807) is 0 Å². The third-order valence-electron chi connectivity index (χ3n) is 7.76. The van der Waals surface area contributed by atoms with Crippen LogP contribution in [0.5, 0.6) is 0 Å². The van der Waals surface area contributed by atoms with Crippen molar-refractivity contribution in [1.29, 1.82) is 0 Å². The first-order chi connectivity index (χ1) is 17.3. The summed E-state index contributed by atoms with van der Waals surface area (Å²) < 4.78 is 5.63. The van der Waals surface area contributed by atoms with Gasteiger partial charge in [0, 0.05) is 51.7 Å². The molecule has 2 heterocycles. The second-order valence-corrected chi connectivity index (χ2v) is 11.9. The van der Waals surface area contributed by atoms with Gasteiger partial charge in [-0.2, -0.15) is 0 Å². The molecular formula is C30H46N4O2. The van der Waals surface area contributed by atoms with Gasteiger partial charge in [-0.1, -0.05) is 50.2 Å². The van der Waals surface area contributed by atoms with Gasteiger partial charge in [-0.25, -0.2) is 0 Å². The molecule has 1 amide bonds. The molecule has 2 aliphatic heterocycles. The standard InChI is InChI=1S/C30H46N4O2/c1-30(2,23-32(3)4)22-31-29(35)12-11-27-21-33(14-13-28(27)34-15-17-36-18-16-34)20-24-9-10-25-7-5-6-8-26(25)19-24/h5-10,19,27-28H,11-18,20-23H2,1-4H3,(H,31,35)/t27-,28+/m1/s1. The quantitative estimate of drug-likeness (QED) is 0.544. The molecule has 0 radical (unpaired) electrons. The number of rotatable bonds is 10. The van der Waals surface area contributed by atoms with Gasteiger partial charge in [0.15, 0.2) is 0 Å². The molecule has 0 aromatic heterocycles. The Morgan fingerprint density at radius 1 is 1.08 bits per heavy atom. The molecule has 2 aromatic carbocycles. The Morgan fingerprint density at radius 2 is 1.83 bits per heavy atom. The van der Waals surface area contributed by atoms with Gasteiger partial charge >= 0.3 is 0 Å². The lowest BCUT2D eigenvalue weighted by molar-refractivity contribution is -0.122. The van der Waals surface area contributed by atoms with Crippen molar-refractivity contribution in [2.45, 2.75) is 45.7 Å². The molecule has 2 aromatic rings. The van der Waals surface area contributed by atoms with Crippen molar-refractivity contribution in [3.8, 4) is 0 Å². The number of fused-ring (bicyclic) bond motifs is 1. The number of morpholine rings is 1. The Morgan fingerprint density at radius 3 is 2.58 bits per heavy atom. The average molecular weight is 495 g/mol. The van der Waals surface area contributed by atoms with Crippen LogP contribution in [0.1, 0.15) is 38.7 Å². The summed E-state index contributed by atoms with van der Waals surface area (Å²) in [6.07, 6.45) is 2.71. The topological polar surface area (TPSA) is 48.1 Å². The monoisotopic (exact) mass is 494 g/mol. The summed E-state index contributed by atoms with van der Waals surface area (Å²) in [4.78, 5) is 20.2. The SMILES string of the molecule is CN(C)CC(C)(C)CNC(=O)CC[C@@H]1CN(Cc2ccc3ccccc3c2)CC[C@@H]1N1CCOCC1. The Bertz CT molecular complexity index is 986. The van der Waals surface area contributed by atoms with Crippen LogP contribution in [0, 0.1) is 11.3 Å². The summed E-state index contributed by atoms with van der Waals surface area (Å²) >= 11 is 0. The molecule has 36 heavy (non-hydrogen) atoms. The molecule has 2 fully saturated rings. The molecule has 0 bridgehead atoms. The highest BCUT2D eigenvalue weighted by atomic mass is 16.5. The number of nitrogens with one attached hydrogen (secondary N) is 1. The number of likely N-dealkylation sites (tertiary alicyclic amines) is 1. The zero-order valence-corrected chi connectivity index (χ0v) is 22.8. The molecule has 6 nitrogen and oxygen atoms in total. The summed E-state index contributed by atoms with van der Waals surface area (Å²) in [7, 11) is 4.17. The summed E-state index contributed by atoms with van der Waals surface area (Å²) in [6.45, 7) is 12.9. The molecule has 0 saturated carbocycles. The van der Waals surface area contributed by atoms with Crippen LogP contribution in [0.2, 0.25) is 0 Å². The van der Waals surface area contributed by atoms with Gasteiger partial charge in [0.05, 0.1) is 13.2 Å². The van der Waals surface area contributed by atoms with Gasteiger partial charge in [0.2, 0.25) is 5.91 Å².